The quantitative estimate of drug-likeness (QED) is 0.468. The van der Waals surface area contributed by atoms with Crippen molar-refractivity contribution in [2.75, 3.05) is 20.1 Å². The second-order valence-corrected chi connectivity index (χ2v) is 6.79. The lowest BCUT2D eigenvalue weighted by molar-refractivity contribution is -0.384. The summed E-state index contributed by atoms with van der Waals surface area (Å²) in [5.74, 6) is -0.0200. The summed E-state index contributed by atoms with van der Waals surface area (Å²) in [6.07, 6.45) is 6.81. The maximum atomic E-state index is 13.2. The summed E-state index contributed by atoms with van der Waals surface area (Å²) in [6, 6.07) is 6.29. The summed E-state index contributed by atoms with van der Waals surface area (Å²) in [7, 11) is 2.05. The van der Waals surface area contributed by atoms with Crippen LogP contribution in [-0.2, 0) is 4.79 Å². The molecule has 1 aliphatic heterocycles. The van der Waals surface area contributed by atoms with Crippen LogP contribution in [0.4, 0.5) is 5.69 Å². The molecule has 1 aromatic carbocycles. The van der Waals surface area contributed by atoms with Crippen LogP contribution in [0.1, 0.15) is 24.0 Å². The van der Waals surface area contributed by atoms with Gasteiger partial charge in [0.15, 0.2) is 5.78 Å². The average molecular weight is 354 g/mol. The molecule has 1 aliphatic rings. The fourth-order valence-corrected chi connectivity index (χ4v) is 3.16. The van der Waals surface area contributed by atoms with Gasteiger partial charge in [-0.15, -0.1) is 0 Å². The Labute approximate surface area is 152 Å². The van der Waals surface area contributed by atoms with Gasteiger partial charge in [-0.25, -0.2) is 4.68 Å². The van der Waals surface area contributed by atoms with Gasteiger partial charge in [0.2, 0.25) is 0 Å². The van der Waals surface area contributed by atoms with E-state index in [1.807, 2.05) is 6.92 Å². The zero-order chi connectivity index (χ0) is 18.7. The summed E-state index contributed by atoms with van der Waals surface area (Å²) in [5, 5.41) is 15.3. The number of nitro benzene ring substituents is 1. The smallest absolute Gasteiger partial charge is 0.270 e. The second-order valence-electron chi connectivity index (χ2n) is 6.79. The van der Waals surface area contributed by atoms with Crippen molar-refractivity contribution in [3.05, 3.63) is 57.9 Å². The first-order valence-corrected chi connectivity index (χ1v) is 8.64. The number of non-ortho nitro benzene ring substituents is 1. The number of hydrogen-bond acceptors (Lipinski definition) is 5. The minimum absolute atomic E-state index is 0.00138. The van der Waals surface area contributed by atoms with Gasteiger partial charge in [0.25, 0.3) is 5.69 Å². The van der Waals surface area contributed by atoms with E-state index >= 15 is 0 Å². The molecule has 2 aromatic rings. The Morgan fingerprint density at radius 2 is 2.08 bits per heavy atom. The van der Waals surface area contributed by atoms with Gasteiger partial charge >= 0.3 is 0 Å². The number of ketones is 1. The summed E-state index contributed by atoms with van der Waals surface area (Å²) in [5.41, 5.74) is 2.02. The predicted molar refractivity (Wildman–Crippen MR) is 99.5 cm³/mol. The van der Waals surface area contributed by atoms with E-state index in [2.05, 4.69) is 17.0 Å². The van der Waals surface area contributed by atoms with Gasteiger partial charge in [-0.3, -0.25) is 14.9 Å². The van der Waals surface area contributed by atoms with Crippen molar-refractivity contribution in [2.45, 2.75) is 19.8 Å². The van der Waals surface area contributed by atoms with Crippen molar-refractivity contribution < 1.29 is 9.72 Å². The van der Waals surface area contributed by atoms with Crippen LogP contribution < -0.4 is 0 Å². The Kier molecular flexibility index (Phi) is 5.27. The summed E-state index contributed by atoms with van der Waals surface area (Å²) in [6.45, 7) is 3.69. The third kappa shape index (κ3) is 4.05. The molecule has 0 unspecified atom stereocenters. The maximum Gasteiger partial charge on any atom is 0.270 e. The Bertz CT molecular complexity index is 848. The highest BCUT2D eigenvalue weighted by Gasteiger charge is 2.27. The van der Waals surface area contributed by atoms with Gasteiger partial charge in [0.05, 0.1) is 11.1 Å². The van der Waals surface area contributed by atoms with Crippen molar-refractivity contribution in [1.82, 2.24) is 14.7 Å². The molecule has 1 saturated heterocycles. The van der Waals surface area contributed by atoms with Crippen molar-refractivity contribution >= 4 is 23.2 Å². The molecule has 0 saturated carbocycles. The molecule has 26 heavy (non-hydrogen) atoms. The highest BCUT2D eigenvalue weighted by molar-refractivity contribution is 6.20. The third-order valence-electron chi connectivity index (χ3n) is 4.68. The molecule has 1 aromatic heterocycles. The number of benzene rings is 1. The van der Waals surface area contributed by atoms with Gasteiger partial charge in [0.1, 0.15) is 5.70 Å². The van der Waals surface area contributed by atoms with E-state index in [-0.39, 0.29) is 17.4 Å². The molecule has 7 nitrogen and oxygen atoms in total. The topological polar surface area (TPSA) is 81.3 Å². The molecule has 0 radical (unpaired) electrons. The van der Waals surface area contributed by atoms with Crippen LogP contribution in [0.25, 0.3) is 11.8 Å². The molecular formula is C19H22N4O3. The average Bonchev–Trinajstić information content (AvgIpc) is 3.06. The second kappa shape index (κ2) is 7.61. The van der Waals surface area contributed by atoms with Crippen LogP contribution in [0.5, 0.6) is 0 Å². The van der Waals surface area contributed by atoms with E-state index in [9.17, 15) is 14.9 Å². The Hall–Kier alpha value is -2.80. The summed E-state index contributed by atoms with van der Waals surface area (Å²) < 4.78 is 1.58. The Balaban J connectivity index is 1.97. The predicted octanol–water partition coefficient (Wildman–Crippen LogP) is 3.01. The van der Waals surface area contributed by atoms with E-state index in [0.717, 1.165) is 31.5 Å². The van der Waals surface area contributed by atoms with E-state index < -0.39 is 4.92 Å². The number of hydrogen-bond donors (Lipinski definition) is 0. The zero-order valence-electron chi connectivity index (χ0n) is 15.0. The number of aromatic nitrogens is 2. The lowest BCUT2D eigenvalue weighted by Gasteiger charge is -2.28. The zero-order valence-corrected chi connectivity index (χ0v) is 15.0. The first-order chi connectivity index (χ1) is 12.4. The Morgan fingerprint density at radius 3 is 2.69 bits per heavy atom. The van der Waals surface area contributed by atoms with Gasteiger partial charge in [0, 0.05) is 24.2 Å². The van der Waals surface area contributed by atoms with Crippen LogP contribution in [0.2, 0.25) is 0 Å². The molecule has 0 atom stereocenters. The van der Waals surface area contributed by atoms with Crippen molar-refractivity contribution in [3.63, 3.8) is 0 Å². The number of Topliss-reactive ketones (excluding diaryl/α,β-unsaturated/α-hetero) is 1. The first kappa shape index (κ1) is 18.0. The number of piperidine rings is 1. The number of allylic oxidation sites excluding steroid dienone is 1. The first-order valence-electron chi connectivity index (χ1n) is 8.64. The van der Waals surface area contributed by atoms with Crippen LogP contribution in [0.3, 0.4) is 0 Å². The minimum Gasteiger partial charge on any atom is -0.306 e. The molecule has 7 heteroatoms. The fraction of sp³-hybridized carbons (Fsp3) is 0.368. The van der Waals surface area contributed by atoms with Crippen molar-refractivity contribution in [1.29, 1.82) is 0 Å². The third-order valence-corrected chi connectivity index (χ3v) is 4.68. The molecule has 1 fully saturated rings. The molecule has 0 N–H and O–H groups in total. The number of aryl methyl sites for hydroxylation is 1. The monoisotopic (exact) mass is 354 g/mol. The van der Waals surface area contributed by atoms with E-state index in [0.29, 0.717) is 11.3 Å². The molecule has 3 rings (SSSR count). The fourth-order valence-electron chi connectivity index (χ4n) is 3.16. The number of nitrogens with zero attached hydrogens (tertiary/aromatic N) is 4. The van der Waals surface area contributed by atoms with Crippen molar-refractivity contribution in [3.8, 4) is 0 Å². The molecule has 0 amide bonds. The van der Waals surface area contributed by atoms with E-state index in [1.54, 1.807) is 35.3 Å². The van der Waals surface area contributed by atoms with Crippen LogP contribution in [0, 0.1) is 23.0 Å². The van der Waals surface area contributed by atoms with Crippen molar-refractivity contribution in [2.24, 2.45) is 5.92 Å². The standard InChI is InChI=1S/C19H22N4O3/c1-14-12-20-22(13-14)18(19(24)16-6-8-21(2)9-7-16)11-15-4-3-5-17(10-15)23(25)26/h3-5,10-13,16H,6-9H2,1-2H3/b18-11-. The number of carbonyl (C=O) groups is 1. The lowest BCUT2D eigenvalue weighted by atomic mass is 9.90. The van der Waals surface area contributed by atoms with Crippen LogP contribution in [-0.4, -0.2) is 45.5 Å². The normalized spacial score (nSPS) is 16.6. The number of nitro groups is 1. The summed E-state index contributed by atoms with van der Waals surface area (Å²) in [4.78, 5) is 26.0. The Morgan fingerprint density at radius 1 is 1.35 bits per heavy atom. The van der Waals surface area contributed by atoms with Crippen LogP contribution >= 0.6 is 0 Å². The highest BCUT2D eigenvalue weighted by atomic mass is 16.6. The number of likely N-dealkylation sites (tertiary alicyclic amines) is 1. The molecule has 0 aliphatic carbocycles. The number of carbonyl (C=O) groups excluding carboxylic acids is 1. The molecule has 0 bridgehead atoms. The molecule has 0 spiro atoms. The molecular weight excluding hydrogens is 332 g/mol. The lowest BCUT2D eigenvalue weighted by Crippen LogP contribution is -2.34. The van der Waals surface area contributed by atoms with Crippen LogP contribution in [0.15, 0.2) is 36.7 Å². The van der Waals surface area contributed by atoms with Gasteiger partial charge < -0.3 is 4.90 Å². The van der Waals surface area contributed by atoms with Gasteiger partial charge in [-0.2, -0.15) is 5.10 Å². The number of rotatable bonds is 5. The SMILES string of the molecule is Cc1cnn(/C(=C\c2cccc([N+](=O)[O-])c2)C(=O)C2CCN(C)CC2)c1. The van der Waals surface area contributed by atoms with E-state index in [1.165, 1.54) is 12.1 Å². The maximum absolute atomic E-state index is 13.2. The minimum atomic E-state index is -0.437. The summed E-state index contributed by atoms with van der Waals surface area (Å²) >= 11 is 0. The van der Waals surface area contributed by atoms with Gasteiger partial charge in [-0.1, -0.05) is 12.1 Å². The van der Waals surface area contributed by atoms with E-state index in [4.69, 9.17) is 0 Å². The van der Waals surface area contributed by atoms with Gasteiger partial charge in [-0.05, 0) is 57.1 Å². The highest BCUT2D eigenvalue weighted by Crippen LogP contribution is 2.25. The largest absolute Gasteiger partial charge is 0.306 e. The molecule has 2 heterocycles. The molecule has 136 valence electrons.